The van der Waals surface area contributed by atoms with Crippen molar-refractivity contribution in [1.29, 1.82) is 0 Å². The second-order valence-corrected chi connectivity index (χ2v) is 7.84. The largest absolute Gasteiger partial charge is 0.493 e. The van der Waals surface area contributed by atoms with Crippen LogP contribution in [0.4, 0.5) is 0 Å². The highest BCUT2D eigenvalue weighted by molar-refractivity contribution is 7.15. The molecule has 2 aromatic heterocycles. The molecule has 2 aromatic carbocycles. The van der Waals surface area contributed by atoms with Gasteiger partial charge in [0.1, 0.15) is 6.61 Å². The van der Waals surface area contributed by atoms with E-state index in [4.69, 9.17) is 9.47 Å². The van der Waals surface area contributed by atoms with Crippen molar-refractivity contribution < 1.29 is 9.47 Å². The highest BCUT2D eigenvalue weighted by Crippen LogP contribution is 2.28. The second kappa shape index (κ2) is 8.97. The first-order valence-electron chi connectivity index (χ1n) is 9.65. The summed E-state index contributed by atoms with van der Waals surface area (Å²) >= 11 is 1.30. The Hall–Kier alpha value is -3.71. The first kappa shape index (κ1) is 20.6. The minimum atomic E-state index is -0.201. The number of hydrogen-bond acceptors (Lipinski definition) is 6. The lowest BCUT2D eigenvalue weighted by molar-refractivity contribution is 0.326. The number of aromatic nitrogens is 3. The first-order chi connectivity index (χ1) is 15.1. The highest BCUT2D eigenvalue weighted by atomic mass is 32.1. The molecule has 4 rings (SSSR count). The zero-order chi connectivity index (χ0) is 21.8. The predicted molar refractivity (Wildman–Crippen MR) is 125 cm³/mol. The number of hydrogen-bond donors (Lipinski definition) is 0. The van der Waals surface area contributed by atoms with Gasteiger partial charge in [-0.3, -0.25) is 4.79 Å². The van der Waals surface area contributed by atoms with Crippen molar-refractivity contribution in [3.05, 3.63) is 92.5 Å². The minimum absolute atomic E-state index is 0.201. The standard InChI is InChI=1S/C24H21N3O3S/c1-4-13-30-19-11-9-18(14-20(19)29-3)15-21-23(28)27-24(31-21)25-22(26-27)12-10-17-7-5-16(2)6-8-17/h4-12,14-15H,1,13H2,2-3H3/b12-10+,21-15+. The van der Waals surface area contributed by atoms with Gasteiger partial charge in [0.05, 0.1) is 11.6 Å². The van der Waals surface area contributed by atoms with Gasteiger partial charge < -0.3 is 9.47 Å². The van der Waals surface area contributed by atoms with Crippen LogP contribution < -0.4 is 19.6 Å². The van der Waals surface area contributed by atoms with Crippen LogP contribution in [0.25, 0.3) is 23.2 Å². The van der Waals surface area contributed by atoms with Crippen LogP contribution in [0.1, 0.15) is 22.5 Å². The molecule has 0 aliphatic rings. The van der Waals surface area contributed by atoms with Crippen molar-refractivity contribution in [2.24, 2.45) is 0 Å². The summed E-state index contributed by atoms with van der Waals surface area (Å²) in [4.78, 5) is 17.8. The van der Waals surface area contributed by atoms with E-state index < -0.39 is 0 Å². The molecule has 0 bridgehead atoms. The lowest BCUT2D eigenvalue weighted by atomic mass is 10.1. The Labute approximate surface area is 183 Å². The van der Waals surface area contributed by atoms with Gasteiger partial charge in [-0.2, -0.15) is 9.50 Å². The molecule has 0 N–H and O–H groups in total. The summed E-state index contributed by atoms with van der Waals surface area (Å²) in [5.41, 5.74) is 2.88. The summed E-state index contributed by atoms with van der Waals surface area (Å²) in [6, 6.07) is 13.6. The molecule has 0 fully saturated rings. The molecule has 0 saturated heterocycles. The topological polar surface area (TPSA) is 65.7 Å². The zero-order valence-electron chi connectivity index (χ0n) is 17.2. The third kappa shape index (κ3) is 4.57. The summed E-state index contributed by atoms with van der Waals surface area (Å²) in [6.45, 7) is 6.08. The van der Waals surface area contributed by atoms with Gasteiger partial charge in [0.15, 0.2) is 17.3 Å². The molecular formula is C24H21N3O3S. The molecule has 0 unspecified atom stereocenters. The summed E-state index contributed by atoms with van der Waals surface area (Å²) in [6.07, 6.45) is 7.20. The predicted octanol–water partition coefficient (Wildman–Crippen LogP) is 3.75. The van der Waals surface area contributed by atoms with Crippen LogP contribution in [0.5, 0.6) is 11.5 Å². The summed E-state index contributed by atoms with van der Waals surface area (Å²) < 4.78 is 12.8. The lowest BCUT2D eigenvalue weighted by Crippen LogP contribution is -2.23. The molecule has 156 valence electrons. The Bertz CT molecular complexity index is 1370. The number of aryl methyl sites for hydroxylation is 1. The van der Waals surface area contributed by atoms with Gasteiger partial charge in [-0.1, -0.05) is 66.0 Å². The molecule has 31 heavy (non-hydrogen) atoms. The number of thiazole rings is 1. The van der Waals surface area contributed by atoms with E-state index in [-0.39, 0.29) is 5.56 Å². The molecule has 0 aliphatic carbocycles. The van der Waals surface area contributed by atoms with Gasteiger partial charge in [0, 0.05) is 0 Å². The third-order valence-corrected chi connectivity index (χ3v) is 5.50. The van der Waals surface area contributed by atoms with Crippen LogP contribution in [0.2, 0.25) is 0 Å². The number of rotatable bonds is 7. The maximum absolute atomic E-state index is 12.8. The second-order valence-electron chi connectivity index (χ2n) is 6.83. The van der Waals surface area contributed by atoms with E-state index in [0.29, 0.717) is 33.4 Å². The van der Waals surface area contributed by atoms with Crippen molar-refractivity contribution in [2.75, 3.05) is 13.7 Å². The van der Waals surface area contributed by atoms with Gasteiger partial charge in [-0.15, -0.1) is 5.10 Å². The van der Waals surface area contributed by atoms with E-state index in [1.807, 2.05) is 55.5 Å². The van der Waals surface area contributed by atoms with E-state index in [1.54, 1.807) is 25.3 Å². The average molecular weight is 432 g/mol. The molecule has 0 spiro atoms. The van der Waals surface area contributed by atoms with Crippen LogP contribution in [0.15, 0.2) is 59.9 Å². The van der Waals surface area contributed by atoms with Crippen LogP contribution >= 0.6 is 11.3 Å². The molecule has 7 heteroatoms. The lowest BCUT2D eigenvalue weighted by Gasteiger charge is -2.09. The Balaban J connectivity index is 1.62. The molecule has 4 aromatic rings. The smallest absolute Gasteiger partial charge is 0.291 e. The molecule has 0 atom stereocenters. The van der Waals surface area contributed by atoms with Crippen LogP contribution in [-0.2, 0) is 0 Å². The van der Waals surface area contributed by atoms with Gasteiger partial charge >= 0.3 is 0 Å². The van der Waals surface area contributed by atoms with Crippen molar-refractivity contribution in [2.45, 2.75) is 6.92 Å². The molecule has 0 amide bonds. The van der Waals surface area contributed by atoms with Crippen molar-refractivity contribution in [1.82, 2.24) is 14.6 Å². The fourth-order valence-corrected chi connectivity index (χ4v) is 3.88. The van der Waals surface area contributed by atoms with Gasteiger partial charge in [0.2, 0.25) is 4.96 Å². The Morgan fingerprint density at radius 1 is 1.10 bits per heavy atom. The molecule has 0 aliphatic heterocycles. The summed E-state index contributed by atoms with van der Waals surface area (Å²) in [7, 11) is 1.58. The van der Waals surface area contributed by atoms with E-state index >= 15 is 0 Å². The zero-order valence-corrected chi connectivity index (χ0v) is 18.1. The van der Waals surface area contributed by atoms with Crippen molar-refractivity contribution in [3.8, 4) is 11.5 Å². The fourth-order valence-electron chi connectivity index (χ4n) is 2.96. The van der Waals surface area contributed by atoms with Crippen LogP contribution in [0, 0.1) is 6.92 Å². The maximum atomic E-state index is 12.8. The average Bonchev–Trinajstić information content (AvgIpc) is 3.31. The highest BCUT2D eigenvalue weighted by Gasteiger charge is 2.10. The Morgan fingerprint density at radius 2 is 1.87 bits per heavy atom. The quantitative estimate of drug-likeness (QED) is 0.417. The van der Waals surface area contributed by atoms with E-state index in [1.165, 1.54) is 21.4 Å². The van der Waals surface area contributed by atoms with Crippen LogP contribution in [-0.4, -0.2) is 28.3 Å². The first-order valence-corrected chi connectivity index (χ1v) is 10.5. The van der Waals surface area contributed by atoms with E-state index in [2.05, 4.69) is 16.7 Å². The molecule has 0 saturated carbocycles. The number of nitrogens with zero attached hydrogens (tertiary/aromatic N) is 3. The van der Waals surface area contributed by atoms with Gasteiger partial charge in [-0.25, -0.2) is 0 Å². The van der Waals surface area contributed by atoms with Gasteiger partial charge in [-0.05, 0) is 42.3 Å². The maximum Gasteiger partial charge on any atom is 0.291 e. The van der Waals surface area contributed by atoms with Crippen molar-refractivity contribution in [3.63, 3.8) is 0 Å². The van der Waals surface area contributed by atoms with Crippen molar-refractivity contribution >= 4 is 34.5 Å². The normalized spacial score (nSPS) is 12.0. The number of benzene rings is 2. The SMILES string of the molecule is C=CCOc1ccc(/C=c2/sc3nc(/C=C/c4ccc(C)cc4)nn3c2=O)cc1OC. The minimum Gasteiger partial charge on any atom is -0.493 e. The third-order valence-electron chi connectivity index (χ3n) is 4.54. The van der Waals surface area contributed by atoms with E-state index in [9.17, 15) is 4.79 Å². The monoisotopic (exact) mass is 431 g/mol. The fraction of sp³-hybridized carbons (Fsp3) is 0.125. The molecule has 0 radical (unpaired) electrons. The summed E-state index contributed by atoms with van der Waals surface area (Å²) in [5.74, 6) is 1.71. The number of methoxy groups -OCH3 is 1. The molecule has 2 heterocycles. The van der Waals surface area contributed by atoms with E-state index in [0.717, 1.165) is 11.1 Å². The van der Waals surface area contributed by atoms with Gasteiger partial charge in [0.25, 0.3) is 5.56 Å². The Kier molecular flexibility index (Phi) is 5.95. The number of fused-ring (bicyclic) bond motifs is 1. The molecule has 6 nitrogen and oxygen atoms in total. The van der Waals surface area contributed by atoms with Crippen LogP contribution in [0.3, 0.4) is 0 Å². The summed E-state index contributed by atoms with van der Waals surface area (Å²) in [5, 5.41) is 4.33. The molecular weight excluding hydrogens is 410 g/mol. The Morgan fingerprint density at radius 3 is 2.58 bits per heavy atom. The number of ether oxygens (including phenoxy) is 2.